The second kappa shape index (κ2) is 5.75. The first-order valence-corrected chi connectivity index (χ1v) is 7.20. The van der Waals surface area contributed by atoms with Crippen LogP contribution in [-0.4, -0.2) is 61.6 Å². The summed E-state index contributed by atoms with van der Waals surface area (Å²) in [6.07, 6.45) is 5.84. The van der Waals surface area contributed by atoms with Crippen molar-refractivity contribution in [3.05, 3.63) is 24.2 Å². The third-order valence-electron chi connectivity index (χ3n) is 4.29. The Morgan fingerprint density at radius 1 is 1.43 bits per heavy atom. The van der Waals surface area contributed by atoms with E-state index in [-0.39, 0.29) is 30.2 Å². The summed E-state index contributed by atoms with van der Waals surface area (Å²) < 4.78 is 3.59. The van der Waals surface area contributed by atoms with Crippen molar-refractivity contribution < 1.29 is 19.5 Å². The Kier molecular flexibility index (Phi) is 3.77. The van der Waals surface area contributed by atoms with Gasteiger partial charge in [0.05, 0.1) is 12.2 Å². The molecule has 2 aliphatic heterocycles. The minimum Gasteiger partial charge on any atom is -0.483 e. The fourth-order valence-electron chi connectivity index (χ4n) is 3.28. The fourth-order valence-corrected chi connectivity index (χ4v) is 3.28. The predicted octanol–water partition coefficient (Wildman–Crippen LogP) is -0.666. The molecular formula is C14H17N5O4. The molecule has 2 aromatic rings. The zero-order valence-corrected chi connectivity index (χ0v) is 12.5. The van der Waals surface area contributed by atoms with Gasteiger partial charge < -0.3 is 19.9 Å². The smallest absolute Gasteiger partial charge is 0.290 e. The highest BCUT2D eigenvalue weighted by atomic mass is 16.3. The quantitative estimate of drug-likeness (QED) is 0.678. The lowest BCUT2D eigenvalue weighted by atomic mass is 10.1. The number of fused-ring (bicyclic) bond motifs is 2. The third kappa shape index (κ3) is 2.54. The number of hydrogen-bond donors (Lipinski definition) is 2. The van der Waals surface area contributed by atoms with E-state index in [0.29, 0.717) is 25.1 Å². The number of carbonyl (C=O) groups is 3. The van der Waals surface area contributed by atoms with Gasteiger partial charge in [0, 0.05) is 44.9 Å². The van der Waals surface area contributed by atoms with Crippen LogP contribution in [0.4, 0.5) is 0 Å². The molecular weight excluding hydrogens is 302 g/mol. The van der Waals surface area contributed by atoms with Crippen LogP contribution in [0.2, 0.25) is 0 Å². The maximum Gasteiger partial charge on any atom is 0.290 e. The number of nitrogens with zero attached hydrogens (tertiary/aromatic N) is 4. The van der Waals surface area contributed by atoms with E-state index in [1.54, 1.807) is 10.7 Å². The summed E-state index contributed by atoms with van der Waals surface area (Å²) in [5, 5.41) is 14.0. The average molecular weight is 319 g/mol. The van der Waals surface area contributed by atoms with Crippen LogP contribution in [0.3, 0.4) is 0 Å². The number of amides is 2. The lowest BCUT2D eigenvalue weighted by molar-refractivity contribution is -0.123. The number of likely N-dealkylation sites (tertiary alicyclic amines) is 1. The Bertz CT molecular complexity index is 748. The molecule has 0 bridgehead atoms. The average Bonchev–Trinajstić information content (AvgIpc) is 3.21. The largest absolute Gasteiger partial charge is 0.483 e. The van der Waals surface area contributed by atoms with E-state index in [1.807, 2.05) is 28.9 Å². The van der Waals surface area contributed by atoms with Crippen LogP contribution in [0.5, 0.6) is 0 Å². The van der Waals surface area contributed by atoms with Gasteiger partial charge in [-0.1, -0.05) is 0 Å². The van der Waals surface area contributed by atoms with Crippen LogP contribution in [0.15, 0.2) is 18.6 Å². The minimum atomic E-state index is -0.250. The van der Waals surface area contributed by atoms with E-state index in [0.717, 1.165) is 5.65 Å². The first-order valence-electron chi connectivity index (χ1n) is 7.20. The van der Waals surface area contributed by atoms with Gasteiger partial charge in [-0.15, -0.1) is 0 Å². The zero-order valence-electron chi connectivity index (χ0n) is 12.5. The monoisotopic (exact) mass is 319 g/mol. The van der Waals surface area contributed by atoms with Gasteiger partial charge in [-0.3, -0.25) is 14.4 Å². The molecule has 9 nitrogen and oxygen atoms in total. The van der Waals surface area contributed by atoms with Crippen molar-refractivity contribution in [2.24, 2.45) is 13.0 Å². The summed E-state index contributed by atoms with van der Waals surface area (Å²) in [4.78, 5) is 34.1. The van der Waals surface area contributed by atoms with Crippen molar-refractivity contribution in [2.75, 3.05) is 13.1 Å². The van der Waals surface area contributed by atoms with Crippen molar-refractivity contribution in [1.29, 1.82) is 0 Å². The molecule has 0 radical (unpaired) electrons. The minimum absolute atomic E-state index is 0.00884. The highest BCUT2D eigenvalue weighted by molar-refractivity contribution is 6.00. The Labute approximate surface area is 131 Å². The van der Waals surface area contributed by atoms with Gasteiger partial charge in [-0.05, 0) is 0 Å². The Morgan fingerprint density at radius 3 is 2.87 bits per heavy atom. The molecule has 2 amide bonds. The normalized spacial score (nSPS) is 22.5. The summed E-state index contributed by atoms with van der Waals surface area (Å²) >= 11 is 0. The van der Waals surface area contributed by atoms with Gasteiger partial charge >= 0.3 is 0 Å². The van der Waals surface area contributed by atoms with Crippen LogP contribution in [0.25, 0.3) is 5.65 Å². The number of hydrogen-bond acceptors (Lipinski definition) is 4. The molecule has 23 heavy (non-hydrogen) atoms. The number of aryl methyl sites for hydroxylation is 1. The Balaban J connectivity index is 0.000000485. The predicted molar refractivity (Wildman–Crippen MR) is 78.8 cm³/mol. The number of nitrogens with one attached hydrogen (secondary N) is 1. The van der Waals surface area contributed by atoms with E-state index < -0.39 is 0 Å². The molecule has 0 spiro atoms. The first kappa shape index (κ1) is 15.1. The van der Waals surface area contributed by atoms with Crippen LogP contribution in [0, 0.1) is 5.92 Å². The number of carbonyl (C=O) groups excluding carboxylic acids is 2. The van der Waals surface area contributed by atoms with Gasteiger partial charge in [0.15, 0.2) is 0 Å². The van der Waals surface area contributed by atoms with Crippen molar-refractivity contribution in [2.45, 2.75) is 12.5 Å². The molecule has 4 rings (SSSR count). The van der Waals surface area contributed by atoms with E-state index in [9.17, 15) is 9.59 Å². The van der Waals surface area contributed by atoms with Crippen LogP contribution in [0.1, 0.15) is 16.8 Å². The standard InChI is InChI=1S/C13H15N5O2.CH2O2/c1-16-2-3-18-12(16)9(5-14-18)13(20)17-6-8-4-11(19)15-10(8)7-17;2-1-3/h2-3,5,8,10H,4,6-7H2,1H3,(H,15,19);1H,(H,2,3)/t8-,10+;/m0./s1. The summed E-state index contributed by atoms with van der Waals surface area (Å²) in [5.74, 6) is 0.346. The van der Waals surface area contributed by atoms with E-state index in [1.165, 1.54) is 0 Å². The fraction of sp³-hybridized carbons (Fsp3) is 0.429. The molecule has 0 aliphatic carbocycles. The zero-order chi connectivity index (χ0) is 16.6. The first-order chi connectivity index (χ1) is 11.0. The lowest BCUT2D eigenvalue weighted by Gasteiger charge is -2.16. The van der Waals surface area contributed by atoms with Crippen molar-refractivity contribution >= 4 is 23.9 Å². The molecule has 2 aromatic heterocycles. The summed E-state index contributed by atoms with van der Waals surface area (Å²) in [7, 11) is 1.90. The van der Waals surface area contributed by atoms with E-state index >= 15 is 0 Å². The summed E-state index contributed by atoms with van der Waals surface area (Å²) in [6.45, 7) is 0.987. The molecule has 2 atom stereocenters. The number of rotatable bonds is 1. The number of aromatic nitrogens is 3. The second-order valence-corrected chi connectivity index (χ2v) is 5.69. The van der Waals surface area contributed by atoms with Crippen LogP contribution < -0.4 is 5.32 Å². The van der Waals surface area contributed by atoms with Gasteiger partial charge in [-0.25, -0.2) is 4.52 Å². The molecule has 0 unspecified atom stereocenters. The molecule has 2 saturated heterocycles. The van der Waals surface area contributed by atoms with Gasteiger partial charge in [-0.2, -0.15) is 5.10 Å². The molecule has 2 aliphatic rings. The molecule has 4 heterocycles. The van der Waals surface area contributed by atoms with E-state index in [2.05, 4.69) is 10.4 Å². The highest BCUT2D eigenvalue weighted by Crippen LogP contribution is 2.27. The van der Waals surface area contributed by atoms with Crippen molar-refractivity contribution in [3.8, 4) is 0 Å². The van der Waals surface area contributed by atoms with Crippen molar-refractivity contribution in [1.82, 2.24) is 24.4 Å². The summed E-state index contributed by atoms with van der Waals surface area (Å²) in [6, 6.07) is 0.117. The topological polar surface area (TPSA) is 109 Å². The second-order valence-electron chi connectivity index (χ2n) is 5.69. The van der Waals surface area contributed by atoms with Gasteiger partial charge in [0.25, 0.3) is 12.4 Å². The molecule has 122 valence electrons. The molecule has 9 heteroatoms. The maximum absolute atomic E-state index is 12.6. The number of imidazole rings is 1. The lowest BCUT2D eigenvalue weighted by Crippen LogP contribution is -2.35. The maximum atomic E-state index is 12.6. The number of carboxylic acid groups (broad SMARTS) is 1. The molecule has 2 N–H and O–H groups in total. The van der Waals surface area contributed by atoms with Gasteiger partial charge in [0.1, 0.15) is 11.2 Å². The van der Waals surface area contributed by atoms with Crippen molar-refractivity contribution in [3.63, 3.8) is 0 Å². The van der Waals surface area contributed by atoms with Gasteiger partial charge in [0.2, 0.25) is 5.91 Å². The van der Waals surface area contributed by atoms with Crippen LogP contribution >= 0.6 is 0 Å². The van der Waals surface area contributed by atoms with E-state index in [4.69, 9.17) is 9.90 Å². The Morgan fingerprint density at radius 2 is 2.17 bits per heavy atom. The Hall–Kier alpha value is -2.84. The molecule has 2 fully saturated rings. The molecule has 0 aromatic carbocycles. The third-order valence-corrected chi connectivity index (χ3v) is 4.29. The highest BCUT2D eigenvalue weighted by Gasteiger charge is 2.42. The van der Waals surface area contributed by atoms with Crippen LogP contribution in [-0.2, 0) is 16.6 Å². The summed E-state index contributed by atoms with van der Waals surface area (Å²) in [5.41, 5.74) is 1.42. The SMILES string of the molecule is Cn1ccn2ncc(C(=O)N3C[C@@H]4CC(=O)N[C@@H]4C3)c12.O=CO. The molecule has 0 saturated carbocycles.